The standard InChI is InChI=1S/C22H32O5/c1-15(17(23)13-10-14-18(24)25-21(2,3)4)19-20(27-22(5,6)26-19)16-11-8-7-9-12-16/h7-12,14-15,17,19-20,23H,13H2,1-6H3/b14-10+/t15-,17+,19+,20+/m0/s1. The van der Waals surface area contributed by atoms with Gasteiger partial charge in [0.1, 0.15) is 11.7 Å². The van der Waals surface area contributed by atoms with Gasteiger partial charge in [-0.05, 0) is 46.6 Å². The van der Waals surface area contributed by atoms with Crippen molar-refractivity contribution in [2.75, 3.05) is 0 Å². The Bertz CT molecular complexity index is 644. The topological polar surface area (TPSA) is 65.0 Å². The van der Waals surface area contributed by atoms with Crippen LogP contribution in [0, 0.1) is 5.92 Å². The summed E-state index contributed by atoms with van der Waals surface area (Å²) >= 11 is 0. The predicted molar refractivity (Wildman–Crippen MR) is 104 cm³/mol. The number of hydrogen-bond donors (Lipinski definition) is 1. The molecule has 1 saturated heterocycles. The molecule has 0 saturated carbocycles. The minimum absolute atomic E-state index is 0.180. The van der Waals surface area contributed by atoms with E-state index in [2.05, 4.69) is 0 Å². The van der Waals surface area contributed by atoms with Gasteiger partial charge in [0.2, 0.25) is 0 Å². The highest BCUT2D eigenvalue weighted by molar-refractivity contribution is 5.82. The number of aliphatic hydroxyl groups excluding tert-OH is 1. The van der Waals surface area contributed by atoms with E-state index in [0.717, 1.165) is 5.56 Å². The van der Waals surface area contributed by atoms with Gasteiger partial charge in [-0.3, -0.25) is 0 Å². The molecule has 4 atom stereocenters. The molecule has 0 aliphatic carbocycles. The van der Waals surface area contributed by atoms with E-state index in [1.807, 2.05) is 71.9 Å². The van der Waals surface area contributed by atoms with Gasteiger partial charge in [-0.25, -0.2) is 4.79 Å². The first-order valence-corrected chi connectivity index (χ1v) is 9.47. The van der Waals surface area contributed by atoms with Gasteiger partial charge in [0.15, 0.2) is 5.79 Å². The van der Waals surface area contributed by atoms with Crippen LogP contribution in [-0.2, 0) is 19.0 Å². The van der Waals surface area contributed by atoms with E-state index in [-0.39, 0.29) is 18.1 Å². The van der Waals surface area contributed by atoms with Crippen molar-refractivity contribution in [3.63, 3.8) is 0 Å². The number of benzene rings is 1. The van der Waals surface area contributed by atoms with Gasteiger partial charge in [-0.15, -0.1) is 0 Å². The highest BCUT2D eigenvalue weighted by Crippen LogP contribution is 2.42. The first-order valence-electron chi connectivity index (χ1n) is 9.47. The summed E-state index contributed by atoms with van der Waals surface area (Å²) in [5.41, 5.74) is 0.494. The zero-order chi connectivity index (χ0) is 20.2. The summed E-state index contributed by atoms with van der Waals surface area (Å²) in [6.45, 7) is 11.2. The van der Waals surface area contributed by atoms with Crippen molar-refractivity contribution in [3.05, 3.63) is 48.0 Å². The van der Waals surface area contributed by atoms with Crippen LogP contribution in [0.15, 0.2) is 42.5 Å². The molecule has 1 N–H and O–H groups in total. The minimum Gasteiger partial charge on any atom is -0.457 e. The Morgan fingerprint density at radius 1 is 1.26 bits per heavy atom. The molecule has 27 heavy (non-hydrogen) atoms. The van der Waals surface area contributed by atoms with Crippen molar-refractivity contribution < 1.29 is 24.1 Å². The van der Waals surface area contributed by atoms with E-state index in [0.29, 0.717) is 6.42 Å². The second kappa shape index (κ2) is 8.55. The third-order valence-corrected chi connectivity index (χ3v) is 4.42. The molecular weight excluding hydrogens is 344 g/mol. The van der Waals surface area contributed by atoms with E-state index >= 15 is 0 Å². The monoisotopic (exact) mass is 376 g/mol. The lowest BCUT2D eigenvalue weighted by Gasteiger charge is -2.27. The molecule has 1 aromatic carbocycles. The Labute approximate surface area is 162 Å². The van der Waals surface area contributed by atoms with Crippen molar-refractivity contribution in [2.45, 2.75) is 77.7 Å². The summed E-state index contributed by atoms with van der Waals surface area (Å²) in [5, 5.41) is 10.6. The molecule has 5 heteroatoms. The van der Waals surface area contributed by atoms with Crippen molar-refractivity contribution >= 4 is 5.97 Å². The van der Waals surface area contributed by atoms with Crippen molar-refractivity contribution in [2.24, 2.45) is 5.92 Å². The Kier molecular flexibility index (Phi) is 6.84. The van der Waals surface area contributed by atoms with Gasteiger partial charge in [0, 0.05) is 12.0 Å². The van der Waals surface area contributed by atoms with Crippen LogP contribution >= 0.6 is 0 Å². The highest BCUT2D eigenvalue weighted by atomic mass is 16.8. The van der Waals surface area contributed by atoms with Crippen LogP contribution in [0.25, 0.3) is 0 Å². The number of rotatable bonds is 6. The molecule has 0 amide bonds. The molecule has 1 aromatic rings. The number of ether oxygens (including phenoxy) is 3. The quantitative estimate of drug-likeness (QED) is 0.596. The fourth-order valence-electron chi connectivity index (χ4n) is 3.15. The molecule has 0 aromatic heterocycles. The molecule has 5 nitrogen and oxygen atoms in total. The average Bonchev–Trinajstić information content (AvgIpc) is 2.89. The molecule has 0 bridgehead atoms. The lowest BCUT2D eigenvalue weighted by atomic mass is 9.89. The summed E-state index contributed by atoms with van der Waals surface area (Å²) in [7, 11) is 0. The first kappa shape index (κ1) is 21.6. The maximum Gasteiger partial charge on any atom is 0.330 e. The van der Waals surface area contributed by atoms with Crippen LogP contribution in [0.1, 0.15) is 59.6 Å². The van der Waals surface area contributed by atoms with Crippen LogP contribution < -0.4 is 0 Å². The number of esters is 1. The molecule has 2 rings (SSSR count). The molecule has 150 valence electrons. The second-order valence-corrected chi connectivity index (χ2v) is 8.53. The molecule has 1 aliphatic heterocycles. The van der Waals surface area contributed by atoms with Gasteiger partial charge in [-0.1, -0.05) is 43.3 Å². The Morgan fingerprint density at radius 3 is 2.48 bits per heavy atom. The molecule has 1 aliphatic rings. The lowest BCUT2D eigenvalue weighted by Crippen LogP contribution is -2.33. The average molecular weight is 376 g/mol. The van der Waals surface area contributed by atoms with Crippen LogP contribution in [0.4, 0.5) is 0 Å². The number of aliphatic hydroxyl groups is 1. The number of carbonyl (C=O) groups excluding carboxylic acids is 1. The zero-order valence-corrected chi connectivity index (χ0v) is 17.1. The van der Waals surface area contributed by atoms with Crippen LogP contribution in [0.5, 0.6) is 0 Å². The minimum atomic E-state index is -0.717. The zero-order valence-electron chi connectivity index (χ0n) is 17.1. The summed E-state index contributed by atoms with van der Waals surface area (Å²) < 4.78 is 17.4. The summed E-state index contributed by atoms with van der Waals surface area (Å²) in [5.74, 6) is -1.31. The van der Waals surface area contributed by atoms with E-state index in [4.69, 9.17) is 14.2 Å². The van der Waals surface area contributed by atoms with Crippen molar-refractivity contribution in [1.29, 1.82) is 0 Å². The molecule has 0 unspecified atom stereocenters. The predicted octanol–water partition coefficient (Wildman–Crippen LogP) is 4.16. The maximum absolute atomic E-state index is 11.8. The summed E-state index contributed by atoms with van der Waals surface area (Å²) in [6.07, 6.45) is 2.15. The molecule has 1 heterocycles. The van der Waals surface area contributed by atoms with Gasteiger partial charge in [0.25, 0.3) is 0 Å². The van der Waals surface area contributed by atoms with Crippen LogP contribution in [0.3, 0.4) is 0 Å². The second-order valence-electron chi connectivity index (χ2n) is 8.53. The van der Waals surface area contributed by atoms with Gasteiger partial charge in [0.05, 0.1) is 12.2 Å². The van der Waals surface area contributed by atoms with Gasteiger partial charge >= 0.3 is 5.97 Å². The molecule has 1 fully saturated rings. The Hall–Kier alpha value is -1.69. The lowest BCUT2D eigenvalue weighted by molar-refractivity contribution is -0.153. The van der Waals surface area contributed by atoms with Crippen molar-refractivity contribution in [3.8, 4) is 0 Å². The fraction of sp³-hybridized carbons (Fsp3) is 0.591. The fourth-order valence-corrected chi connectivity index (χ4v) is 3.15. The number of carbonyl (C=O) groups is 1. The molecule has 0 spiro atoms. The Balaban J connectivity index is 2.01. The summed E-state index contributed by atoms with van der Waals surface area (Å²) in [6, 6.07) is 9.89. The van der Waals surface area contributed by atoms with E-state index in [1.165, 1.54) is 6.08 Å². The van der Waals surface area contributed by atoms with Gasteiger partial charge < -0.3 is 19.3 Å². The SMILES string of the molecule is C[C@H]([C@H]1OC(C)(C)O[C@@H]1c1ccccc1)[C@H](O)C/C=C/C(=O)OC(C)(C)C. The maximum atomic E-state index is 11.8. The molecular formula is C22H32O5. The first-order chi connectivity index (χ1) is 12.5. The van der Waals surface area contributed by atoms with Crippen LogP contribution in [0.2, 0.25) is 0 Å². The largest absolute Gasteiger partial charge is 0.457 e. The van der Waals surface area contributed by atoms with Crippen molar-refractivity contribution in [1.82, 2.24) is 0 Å². The van der Waals surface area contributed by atoms with E-state index < -0.39 is 23.5 Å². The smallest absolute Gasteiger partial charge is 0.330 e. The normalized spacial score (nSPS) is 24.7. The van der Waals surface area contributed by atoms with E-state index in [9.17, 15) is 9.90 Å². The third kappa shape index (κ3) is 6.45. The highest BCUT2D eigenvalue weighted by Gasteiger charge is 2.45. The molecule has 0 radical (unpaired) electrons. The number of hydrogen-bond acceptors (Lipinski definition) is 5. The van der Waals surface area contributed by atoms with Crippen LogP contribution in [-0.4, -0.2) is 34.7 Å². The third-order valence-electron chi connectivity index (χ3n) is 4.42. The van der Waals surface area contributed by atoms with Gasteiger partial charge in [-0.2, -0.15) is 0 Å². The van der Waals surface area contributed by atoms with E-state index in [1.54, 1.807) is 6.08 Å². The Morgan fingerprint density at radius 2 is 1.89 bits per heavy atom. The summed E-state index contributed by atoms with van der Waals surface area (Å²) in [4.78, 5) is 11.8.